The Morgan fingerprint density at radius 3 is 2.46 bits per heavy atom. The molecule has 0 amide bonds. The number of hydrogen-bond donors (Lipinski definition) is 0. The van der Waals surface area contributed by atoms with Gasteiger partial charge in [0, 0.05) is 6.92 Å². The van der Waals surface area contributed by atoms with Crippen molar-refractivity contribution < 1.29 is 9.53 Å². The molecule has 0 fully saturated rings. The zero-order valence-electron chi connectivity index (χ0n) is 8.55. The van der Waals surface area contributed by atoms with Crippen LogP contribution in [0.2, 0.25) is 0 Å². The maximum atomic E-state index is 10.4. The van der Waals surface area contributed by atoms with Crippen LogP contribution in [0.25, 0.3) is 0 Å². The Bertz CT molecular complexity index is 141. The molecule has 0 aromatic carbocycles. The van der Waals surface area contributed by atoms with Gasteiger partial charge in [0.05, 0.1) is 6.61 Å². The summed E-state index contributed by atoms with van der Waals surface area (Å²) in [5.41, 5.74) is 0. The summed E-state index contributed by atoms with van der Waals surface area (Å²) in [6.45, 7) is 5.70. The second-order valence-electron chi connectivity index (χ2n) is 3.19. The van der Waals surface area contributed by atoms with Crippen LogP contribution >= 0.6 is 0 Å². The van der Waals surface area contributed by atoms with Crippen molar-refractivity contribution in [3.05, 3.63) is 12.7 Å². The Kier molecular flexibility index (Phi) is 8.73. The summed E-state index contributed by atoms with van der Waals surface area (Å²) in [6, 6.07) is 0. The first kappa shape index (κ1) is 12.2. The smallest absolute Gasteiger partial charge is 0.302 e. The van der Waals surface area contributed by atoms with Gasteiger partial charge in [0.2, 0.25) is 0 Å². The van der Waals surface area contributed by atoms with Gasteiger partial charge in [-0.05, 0) is 19.3 Å². The van der Waals surface area contributed by atoms with Crippen LogP contribution in [0.15, 0.2) is 12.7 Å². The molecule has 2 heteroatoms. The van der Waals surface area contributed by atoms with Crippen LogP contribution in [0.4, 0.5) is 0 Å². The summed E-state index contributed by atoms with van der Waals surface area (Å²) >= 11 is 0. The molecular weight excluding hydrogens is 164 g/mol. The van der Waals surface area contributed by atoms with E-state index in [0.717, 1.165) is 19.3 Å². The lowest BCUT2D eigenvalue weighted by Gasteiger charge is -2.01. The molecule has 0 radical (unpaired) electrons. The molecule has 0 saturated heterocycles. The lowest BCUT2D eigenvalue weighted by molar-refractivity contribution is -0.141. The van der Waals surface area contributed by atoms with Crippen molar-refractivity contribution in [3.8, 4) is 0 Å². The normalized spacial score (nSPS) is 9.62. The molecule has 0 aliphatic carbocycles. The van der Waals surface area contributed by atoms with Gasteiger partial charge < -0.3 is 4.74 Å². The van der Waals surface area contributed by atoms with Crippen LogP contribution in [0.5, 0.6) is 0 Å². The fourth-order valence-corrected chi connectivity index (χ4v) is 1.14. The first-order chi connectivity index (χ1) is 6.27. The van der Waals surface area contributed by atoms with Crippen LogP contribution in [0.1, 0.15) is 45.4 Å². The number of esters is 1. The van der Waals surface area contributed by atoms with Crippen molar-refractivity contribution >= 4 is 5.97 Å². The average Bonchev–Trinajstić information content (AvgIpc) is 2.09. The molecule has 13 heavy (non-hydrogen) atoms. The molecule has 0 aromatic heterocycles. The van der Waals surface area contributed by atoms with Crippen molar-refractivity contribution in [2.45, 2.75) is 45.4 Å². The predicted molar refractivity (Wildman–Crippen MR) is 54.5 cm³/mol. The van der Waals surface area contributed by atoms with Gasteiger partial charge in [-0.1, -0.05) is 25.3 Å². The molecule has 76 valence electrons. The second-order valence-corrected chi connectivity index (χ2v) is 3.19. The van der Waals surface area contributed by atoms with Gasteiger partial charge in [-0.3, -0.25) is 4.79 Å². The minimum atomic E-state index is -0.174. The highest BCUT2D eigenvalue weighted by atomic mass is 16.5. The minimum absolute atomic E-state index is 0.174. The largest absolute Gasteiger partial charge is 0.466 e. The lowest BCUT2D eigenvalue weighted by atomic mass is 10.1. The van der Waals surface area contributed by atoms with Gasteiger partial charge in [-0.15, -0.1) is 6.58 Å². The highest BCUT2D eigenvalue weighted by Gasteiger charge is 1.92. The van der Waals surface area contributed by atoms with Crippen LogP contribution in [0.3, 0.4) is 0 Å². The first-order valence-electron chi connectivity index (χ1n) is 5.01. The van der Waals surface area contributed by atoms with E-state index < -0.39 is 0 Å². The van der Waals surface area contributed by atoms with Gasteiger partial charge in [0.25, 0.3) is 0 Å². The fraction of sp³-hybridized carbons (Fsp3) is 0.727. The van der Waals surface area contributed by atoms with E-state index in [1.165, 1.54) is 26.2 Å². The maximum Gasteiger partial charge on any atom is 0.302 e. The third-order valence-corrected chi connectivity index (χ3v) is 1.86. The fourth-order valence-electron chi connectivity index (χ4n) is 1.14. The summed E-state index contributed by atoms with van der Waals surface area (Å²) in [4.78, 5) is 10.4. The number of carbonyl (C=O) groups is 1. The molecule has 0 aliphatic rings. The maximum absolute atomic E-state index is 10.4. The number of allylic oxidation sites excluding steroid dienone is 1. The molecule has 0 aromatic rings. The number of rotatable bonds is 8. The molecule has 0 rings (SSSR count). The van der Waals surface area contributed by atoms with Crippen LogP contribution in [0, 0.1) is 0 Å². The summed E-state index contributed by atoms with van der Waals surface area (Å²) < 4.78 is 4.81. The van der Waals surface area contributed by atoms with E-state index in [1.807, 2.05) is 6.08 Å². The number of ether oxygens (including phenoxy) is 1. The molecule has 0 unspecified atom stereocenters. The predicted octanol–water partition coefficient (Wildman–Crippen LogP) is 3.08. The van der Waals surface area contributed by atoms with Crippen molar-refractivity contribution in [1.29, 1.82) is 0 Å². The van der Waals surface area contributed by atoms with Crippen molar-refractivity contribution in [1.82, 2.24) is 0 Å². The van der Waals surface area contributed by atoms with Crippen LogP contribution in [-0.2, 0) is 9.53 Å². The van der Waals surface area contributed by atoms with Gasteiger partial charge in [-0.25, -0.2) is 0 Å². The Labute approximate surface area is 81.0 Å². The SMILES string of the molecule is C=CCCCCCCCOC(C)=O. The standard InChI is InChI=1S/C11H20O2/c1-3-4-5-6-7-8-9-10-13-11(2)12/h3H,1,4-10H2,2H3. The number of carbonyl (C=O) groups excluding carboxylic acids is 1. The molecule has 0 heterocycles. The van der Waals surface area contributed by atoms with E-state index >= 15 is 0 Å². The molecule has 0 saturated carbocycles. The van der Waals surface area contributed by atoms with Crippen LogP contribution in [-0.4, -0.2) is 12.6 Å². The highest BCUT2D eigenvalue weighted by Crippen LogP contribution is 2.05. The van der Waals surface area contributed by atoms with Gasteiger partial charge >= 0.3 is 5.97 Å². The molecule has 0 atom stereocenters. The van der Waals surface area contributed by atoms with E-state index in [0.29, 0.717) is 6.61 Å². The molecule has 2 nitrogen and oxygen atoms in total. The van der Waals surface area contributed by atoms with Gasteiger partial charge in [0.15, 0.2) is 0 Å². The summed E-state index contributed by atoms with van der Waals surface area (Å²) in [7, 11) is 0. The van der Waals surface area contributed by atoms with E-state index in [2.05, 4.69) is 6.58 Å². The average molecular weight is 184 g/mol. The zero-order valence-corrected chi connectivity index (χ0v) is 8.55. The third kappa shape index (κ3) is 11.2. The minimum Gasteiger partial charge on any atom is -0.466 e. The first-order valence-corrected chi connectivity index (χ1v) is 5.01. The summed E-state index contributed by atoms with van der Waals surface area (Å²) in [5, 5.41) is 0. The molecule has 0 aliphatic heterocycles. The quantitative estimate of drug-likeness (QED) is 0.329. The Morgan fingerprint density at radius 1 is 1.23 bits per heavy atom. The Hall–Kier alpha value is -0.790. The molecular formula is C11H20O2. The third-order valence-electron chi connectivity index (χ3n) is 1.86. The number of hydrogen-bond acceptors (Lipinski definition) is 2. The topological polar surface area (TPSA) is 26.3 Å². The van der Waals surface area contributed by atoms with Gasteiger partial charge in [-0.2, -0.15) is 0 Å². The van der Waals surface area contributed by atoms with E-state index in [1.54, 1.807) is 0 Å². The molecule has 0 N–H and O–H groups in total. The van der Waals surface area contributed by atoms with Gasteiger partial charge in [0.1, 0.15) is 0 Å². The Morgan fingerprint density at radius 2 is 1.85 bits per heavy atom. The van der Waals surface area contributed by atoms with Crippen molar-refractivity contribution in [2.75, 3.05) is 6.61 Å². The second kappa shape index (κ2) is 9.30. The van der Waals surface area contributed by atoms with E-state index in [4.69, 9.17) is 4.74 Å². The molecule has 0 bridgehead atoms. The van der Waals surface area contributed by atoms with Crippen molar-refractivity contribution in [2.24, 2.45) is 0 Å². The van der Waals surface area contributed by atoms with Crippen LogP contribution < -0.4 is 0 Å². The summed E-state index contributed by atoms with van der Waals surface area (Å²) in [6.07, 6.45) is 8.94. The van der Waals surface area contributed by atoms with Crippen molar-refractivity contribution in [3.63, 3.8) is 0 Å². The van der Waals surface area contributed by atoms with E-state index in [-0.39, 0.29) is 5.97 Å². The Balaban J connectivity index is 2.91. The highest BCUT2D eigenvalue weighted by molar-refractivity contribution is 5.65. The monoisotopic (exact) mass is 184 g/mol. The summed E-state index contributed by atoms with van der Waals surface area (Å²) in [5.74, 6) is -0.174. The number of unbranched alkanes of at least 4 members (excludes halogenated alkanes) is 5. The zero-order chi connectivity index (χ0) is 9.94. The van der Waals surface area contributed by atoms with E-state index in [9.17, 15) is 4.79 Å². The lowest BCUT2D eigenvalue weighted by Crippen LogP contribution is -1.99. The molecule has 0 spiro atoms.